The fourth-order valence-corrected chi connectivity index (χ4v) is 1.50. The molecule has 1 unspecified atom stereocenters. The minimum atomic E-state index is -4.24. The van der Waals surface area contributed by atoms with E-state index in [-0.39, 0.29) is 25.4 Å². The van der Waals surface area contributed by atoms with Crippen LogP contribution in [-0.4, -0.2) is 24.5 Å². The third kappa shape index (κ3) is 4.42. The SMILES string of the molecule is CCC(CO)COC1=CC=C(C(F)(F)F)CC1. The largest absolute Gasteiger partial charge is 0.498 e. The van der Waals surface area contributed by atoms with Crippen molar-refractivity contribution in [3.63, 3.8) is 0 Å². The second-order valence-corrected chi connectivity index (χ2v) is 4.09. The zero-order valence-corrected chi connectivity index (χ0v) is 9.76. The average molecular weight is 250 g/mol. The molecule has 0 amide bonds. The lowest BCUT2D eigenvalue weighted by molar-refractivity contribution is -0.0944. The lowest BCUT2D eigenvalue weighted by atomic mass is 10.0. The van der Waals surface area contributed by atoms with Crippen molar-refractivity contribution in [2.75, 3.05) is 13.2 Å². The summed E-state index contributed by atoms with van der Waals surface area (Å²) >= 11 is 0. The number of hydrogen-bond donors (Lipinski definition) is 1. The lowest BCUT2D eigenvalue weighted by Crippen LogP contribution is -2.16. The van der Waals surface area contributed by atoms with E-state index in [1.54, 1.807) is 0 Å². The summed E-state index contributed by atoms with van der Waals surface area (Å²) in [4.78, 5) is 0. The van der Waals surface area contributed by atoms with Crippen LogP contribution >= 0.6 is 0 Å². The van der Waals surface area contributed by atoms with E-state index >= 15 is 0 Å². The zero-order valence-electron chi connectivity index (χ0n) is 9.76. The Morgan fingerprint density at radius 3 is 2.47 bits per heavy atom. The van der Waals surface area contributed by atoms with Gasteiger partial charge in [0.25, 0.3) is 0 Å². The van der Waals surface area contributed by atoms with Crippen molar-refractivity contribution in [2.45, 2.75) is 32.4 Å². The van der Waals surface area contributed by atoms with Crippen LogP contribution in [0, 0.1) is 5.92 Å². The highest BCUT2D eigenvalue weighted by atomic mass is 19.4. The molecule has 0 bridgehead atoms. The summed E-state index contributed by atoms with van der Waals surface area (Å²) in [7, 11) is 0. The van der Waals surface area contributed by atoms with Crippen LogP contribution in [0.4, 0.5) is 13.2 Å². The van der Waals surface area contributed by atoms with Crippen LogP contribution < -0.4 is 0 Å². The van der Waals surface area contributed by atoms with E-state index in [1.165, 1.54) is 6.08 Å². The second kappa shape index (κ2) is 6.10. The number of aliphatic hydroxyl groups excluding tert-OH is 1. The maximum Gasteiger partial charge on any atom is 0.412 e. The molecule has 5 heteroatoms. The number of hydrogen-bond acceptors (Lipinski definition) is 2. The molecule has 1 aliphatic rings. The number of aliphatic hydroxyl groups is 1. The van der Waals surface area contributed by atoms with Gasteiger partial charge in [-0.15, -0.1) is 0 Å². The highest BCUT2D eigenvalue weighted by molar-refractivity contribution is 5.24. The molecule has 1 aliphatic carbocycles. The molecule has 0 aromatic rings. The van der Waals surface area contributed by atoms with E-state index in [0.29, 0.717) is 12.4 Å². The van der Waals surface area contributed by atoms with Crippen molar-refractivity contribution in [3.05, 3.63) is 23.5 Å². The van der Waals surface area contributed by atoms with E-state index in [2.05, 4.69) is 0 Å². The van der Waals surface area contributed by atoms with Gasteiger partial charge in [0.1, 0.15) is 0 Å². The number of halogens is 3. The van der Waals surface area contributed by atoms with E-state index in [9.17, 15) is 13.2 Å². The zero-order chi connectivity index (χ0) is 12.9. The minimum absolute atomic E-state index is 0.0351. The van der Waals surface area contributed by atoms with E-state index < -0.39 is 11.7 Å². The molecule has 1 N–H and O–H groups in total. The van der Waals surface area contributed by atoms with Crippen LogP contribution in [0.5, 0.6) is 0 Å². The average Bonchev–Trinajstić information content (AvgIpc) is 2.30. The van der Waals surface area contributed by atoms with Gasteiger partial charge in [-0.3, -0.25) is 0 Å². The Bertz CT molecular complexity index is 301. The Labute approximate surface area is 98.8 Å². The smallest absolute Gasteiger partial charge is 0.412 e. The second-order valence-electron chi connectivity index (χ2n) is 4.09. The van der Waals surface area contributed by atoms with Crippen molar-refractivity contribution >= 4 is 0 Å². The topological polar surface area (TPSA) is 29.5 Å². The Morgan fingerprint density at radius 1 is 1.35 bits per heavy atom. The molecule has 1 atom stereocenters. The predicted octanol–water partition coefficient (Wildman–Crippen LogP) is 3.19. The predicted molar refractivity (Wildman–Crippen MR) is 58.3 cm³/mol. The third-order valence-electron chi connectivity index (χ3n) is 2.82. The van der Waals surface area contributed by atoms with Crippen molar-refractivity contribution in [2.24, 2.45) is 5.92 Å². The van der Waals surface area contributed by atoms with Gasteiger partial charge in [0, 0.05) is 24.5 Å². The summed E-state index contributed by atoms with van der Waals surface area (Å²) < 4.78 is 42.3. The highest BCUT2D eigenvalue weighted by Gasteiger charge is 2.33. The first-order chi connectivity index (χ1) is 7.97. The Hall–Kier alpha value is -0.970. The Kier molecular flexibility index (Phi) is 5.05. The molecule has 1 rings (SSSR count). The van der Waals surface area contributed by atoms with Crippen molar-refractivity contribution in [3.8, 4) is 0 Å². The Balaban J connectivity index is 2.48. The Morgan fingerprint density at radius 2 is 2.06 bits per heavy atom. The van der Waals surface area contributed by atoms with Crippen molar-refractivity contribution < 1.29 is 23.0 Å². The molecule has 0 aliphatic heterocycles. The van der Waals surface area contributed by atoms with Gasteiger partial charge in [0.2, 0.25) is 0 Å². The number of alkyl halides is 3. The first kappa shape index (κ1) is 14.1. The molecule has 0 fully saturated rings. The molecule has 0 saturated heterocycles. The summed E-state index contributed by atoms with van der Waals surface area (Å²) in [6, 6.07) is 0. The number of rotatable bonds is 5. The van der Waals surface area contributed by atoms with E-state index in [1.807, 2.05) is 6.92 Å². The monoisotopic (exact) mass is 250 g/mol. The van der Waals surface area contributed by atoms with Crippen LogP contribution in [0.3, 0.4) is 0 Å². The van der Waals surface area contributed by atoms with Crippen LogP contribution in [0.15, 0.2) is 23.5 Å². The summed E-state index contributed by atoms with van der Waals surface area (Å²) in [5, 5.41) is 8.94. The fraction of sp³-hybridized carbons (Fsp3) is 0.667. The van der Waals surface area contributed by atoms with E-state index in [0.717, 1.165) is 12.5 Å². The number of ether oxygens (including phenoxy) is 1. The molecule has 0 saturated carbocycles. The van der Waals surface area contributed by atoms with Gasteiger partial charge in [-0.1, -0.05) is 13.0 Å². The molecule has 17 heavy (non-hydrogen) atoms. The third-order valence-corrected chi connectivity index (χ3v) is 2.82. The number of allylic oxidation sites excluding steroid dienone is 4. The maximum atomic E-state index is 12.3. The first-order valence-corrected chi connectivity index (χ1v) is 5.68. The maximum absolute atomic E-state index is 12.3. The quantitative estimate of drug-likeness (QED) is 0.812. The van der Waals surface area contributed by atoms with Crippen LogP contribution in [-0.2, 0) is 4.74 Å². The summed E-state index contributed by atoms with van der Waals surface area (Å²) in [5.74, 6) is 0.605. The fourth-order valence-electron chi connectivity index (χ4n) is 1.50. The molecule has 98 valence electrons. The van der Waals surface area contributed by atoms with Gasteiger partial charge in [-0.25, -0.2) is 0 Å². The van der Waals surface area contributed by atoms with Crippen LogP contribution in [0.1, 0.15) is 26.2 Å². The van der Waals surface area contributed by atoms with Crippen LogP contribution in [0.25, 0.3) is 0 Å². The van der Waals surface area contributed by atoms with Gasteiger partial charge in [0.05, 0.1) is 12.4 Å². The van der Waals surface area contributed by atoms with Gasteiger partial charge in [-0.2, -0.15) is 13.2 Å². The molecule has 2 nitrogen and oxygen atoms in total. The summed E-state index contributed by atoms with van der Waals surface area (Å²) in [6.07, 6.45) is -0.778. The molecule has 0 radical (unpaired) electrons. The molecule has 0 aromatic heterocycles. The molecule has 0 heterocycles. The summed E-state index contributed by atoms with van der Waals surface area (Å²) in [5.41, 5.74) is -0.515. The van der Waals surface area contributed by atoms with Gasteiger partial charge in [0.15, 0.2) is 0 Å². The molecule has 0 aromatic carbocycles. The molecule has 0 spiro atoms. The first-order valence-electron chi connectivity index (χ1n) is 5.68. The normalized spacial score (nSPS) is 18.4. The van der Waals surface area contributed by atoms with Crippen molar-refractivity contribution in [1.82, 2.24) is 0 Å². The van der Waals surface area contributed by atoms with Crippen molar-refractivity contribution in [1.29, 1.82) is 0 Å². The van der Waals surface area contributed by atoms with E-state index in [4.69, 9.17) is 9.84 Å². The van der Waals surface area contributed by atoms with Gasteiger partial charge < -0.3 is 9.84 Å². The molecular weight excluding hydrogens is 233 g/mol. The minimum Gasteiger partial charge on any atom is -0.498 e. The van der Waals surface area contributed by atoms with Gasteiger partial charge in [-0.05, 0) is 18.9 Å². The summed E-state index contributed by atoms with van der Waals surface area (Å²) in [6.45, 7) is 2.32. The lowest BCUT2D eigenvalue weighted by Gasteiger charge is -2.19. The molecular formula is C12H17F3O2. The standard InChI is InChI=1S/C12H17F3O2/c1-2-9(7-16)8-17-11-5-3-10(4-6-11)12(13,14)15/h3,5,9,16H,2,4,6-8H2,1H3. The van der Waals surface area contributed by atoms with Gasteiger partial charge >= 0.3 is 6.18 Å². The van der Waals surface area contributed by atoms with Crippen LogP contribution in [0.2, 0.25) is 0 Å². The highest BCUT2D eigenvalue weighted by Crippen LogP contribution is 2.33.